The van der Waals surface area contributed by atoms with E-state index in [-0.39, 0.29) is 5.91 Å². The minimum atomic E-state index is 0.0117. The number of hydrogen-bond acceptors (Lipinski definition) is 2. The minimum absolute atomic E-state index is 0.0117. The van der Waals surface area contributed by atoms with Gasteiger partial charge in [0.1, 0.15) is 0 Å². The molecule has 92 valence electrons. The molecule has 1 aromatic rings. The van der Waals surface area contributed by atoms with Crippen LogP contribution < -0.4 is 10.2 Å². The quantitative estimate of drug-likeness (QED) is 0.831. The van der Waals surface area contributed by atoms with Gasteiger partial charge in [0.2, 0.25) is 5.91 Å². The molecule has 0 aliphatic carbocycles. The number of fused-ring (bicyclic) bond motifs is 1. The van der Waals surface area contributed by atoms with Crippen LogP contribution in [0.25, 0.3) is 0 Å². The molecule has 0 saturated carbocycles. The van der Waals surface area contributed by atoms with E-state index < -0.39 is 0 Å². The van der Waals surface area contributed by atoms with Crippen molar-refractivity contribution in [3.63, 3.8) is 0 Å². The zero-order valence-electron chi connectivity index (χ0n) is 10.0. The van der Waals surface area contributed by atoms with Crippen LogP contribution in [0.1, 0.15) is 17.5 Å². The van der Waals surface area contributed by atoms with Gasteiger partial charge >= 0.3 is 0 Å². The molecular weight excluding hydrogens is 236 g/mol. The summed E-state index contributed by atoms with van der Waals surface area (Å²) >= 11 is 5.50. The van der Waals surface area contributed by atoms with Crippen LogP contribution in [0.4, 0.5) is 5.69 Å². The van der Waals surface area contributed by atoms with Crippen LogP contribution in [0, 0.1) is 0 Å². The van der Waals surface area contributed by atoms with Crippen LogP contribution in [0.2, 0.25) is 0 Å². The number of carbonyl (C=O) groups is 1. The van der Waals surface area contributed by atoms with Crippen molar-refractivity contribution in [2.75, 3.05) is 24.4 Å². The Kier molecular flexibility index (Phi) is 3.89. The maximum atomic E-state index is 11.3. The van der Waals surface area contributed by atoms with Crippen molar-refractivity contribution in [1.82, 2.24) is 5.32 Å². The Morgan fingerprint density at radius 2 is 2.35 bits per heavy atom. The standard InChI is InChI=1S/C13H17ClN2O/c1-16-7-5-11-8-10(2-3-12(11)16)9-15-13(17)4-6-14/h2-3,8H,4-7,9H2,1H3,(H,15,17). The van der Waals surface area contributed by atoms with E-state index >= 15 is 0 Å². The molecule has 0 fully saturated rings. The van der Waals surface area contributed by atoms with Gasteiger partial charge in [-0.05, 0) is 23.6 Å². The molecule has 1 aromatic carbocycles. The zero-order chi connectivity index (χ0) is 12.3. The summed E-state index contributed by atoms with van der Waals surface area (Å²) in [5.41, 5.74) is 3.83. The van der Waals surface area contributed by atoms with Crippen molar-refractivity contribution in [1.29, 1.82) is 0 Å². The molecule has 2 rings (SSSR count). The van der Waals surface area contributed by atoms with E-state index in [1.807, 2.05) is 0 Å². The SMILES string of the molecule is CN1CCc2cc(CNC(=O)CCCl)ccc21. The van der Waals surface area contributed by atoms with Gasteiger partial charge in [0, 0.05) is 38.1 Å². The van der Waals surface area contributed by atoms with Gasteiger partial charge in [-0.2, -0.15) is 0 Å². The van der Waals surface area contributed by atoms with Crippen LogP contribution in [0.5, 0.6) is 0 Å². The fourth-order valence-corrected chi connectivity index (χ4v) is 2.28. The second-order valence-electron chi connectivity index (χ2n) is 4.35. The molecule has 1 amide bonds. The Bertz CT molecular complexity index is 420. The third-order valence-corrected chi connectivity index (χ3v) is 3.27. The first kappa shape index (κ1) is 12.2. The van der Waals surface area contributed by atoms with Gasteiger partial charge in [-0.15, -0.1) is 11.6 Å². The second kappa shape index (κ2) is 5.41. The lowest BCUT2D eigenvalue weighted by Gasteiger charge is -2.12. The number of halogens is 1. The van der Waals surface area contributed by atoms with Crippen LogP contribution >= 0.6 is 11.6 Å². The number of anilines is 1. The lowest BCUT2D eigenvalue weighted by molar-refractivity contribution is -0.120. The number of alkyl halides is 1. The average molecular weight is 253 g/mol. The number of carbonyl (C=O) groups excluding carboxylic acids is 1. The first-order valence-electron chi connectivity index (χ1n) is 5.86. The molecule has 1 aliphatic heterocycles. The Balaban J connectivity index is 1.97. The van der Waals surface area contributed by atoms with Crippen molar-refractivity contribution in [2.24, 2.45) is 0 Å². The number of nitrogens with one attached hydrogen (secondary N) is 1. The molecule has 0 radical (unpaired) electrons. The molecule has 0 aromatic heterocycles. The van der Waals surface area contributed by atoms with Crippen LogP contribution in [-0.4, -0.2) is 25.4 Å². The Labute approximate surface area is 107 Å². The van der Waals surface area contributed by atoms with Gasteiger partial charge in [-0.25, -0.2) is 0 Å². The van der Waals surface area contributed by atoms with Gasteiger partial charge < -0.3 is 10.2 Å². The molecular formula is C13H17ClN2O. The maximum Gasteiger partial charge on any atom is 0.221 e. The summed E-state index contributed by atoms with van der Waals surface area (Å²) in [4.78, 5) is 13.6. The van der Waals surface area contributed by atoms with Gasteiger partial charge in [0.05, 0.1) is 0 Å². The molecule has 1 aliphatic rings. The van der Waals surface area contributed by atoms with E-state index in [9.17, 15) is 4.79 Å². The molecule has 1 N–H and O–H groups in total. The Morgan fingerprint density at radius 3 is 3.12 bits per heavy atom. The fourth-order valence-electron chi connectivity index (χ4n) is 2.10. The lowest BCUT2D eigenvalue weighted by atomic mass is 10.1. The second-order valence-corrected chi connectivity index (χ2v) is 4.73. The smallest absolute Gasteiger partial charge is 0.221 e. The van der Waals surface area contributed by atoms with Gasteiger partial charge in [0.25, 0.3) is 0 Å². The first-order chi connectivity index (χ1) is 8.20. The van der Waals surface area contributed by atoms with Crippen molar-refractivity contribution < 1.29 is 4.79 Å². The van der Waals surface area contributed by atoms with E-state index in [0.717, 1.165) is 18.5 Å². The third-order valence-electron chi connectivity index (χ3n) is 3.08. The molecule has 0 unspecified atom stereocenters. The summed E-state index contributed by atoms with van der Waals surface area (Å²) in [6, 6.07) is 6.38. The summed E-state index contributed by atoms with van der Waals surface area (Å²) in [5.74, 6) is 0.387. The van der Waals surface area contributed by atoms with Gasteiger partial charge in [-0.1, -0.05) is 12.1 Å². The molecule has 3 nitrogen and oxygen atoms in total. The van der Waals surface area contributed by atoms with Crippen LogP contribution in [0.3, 0.4) is 0 Å². The monoisotopic (exact) mass is 252 g/mol. The summed E-state index contributed by atoms with van der Waals surface area (Å²) in [6.45, 7) is 1.67. The molecule has 0 atom stereocenters. The van der Waals surface area contributed by atoms with E-state index in [1.165, 1.54) is 11.3 Å². The fraction of sp³-hybridized carbons (Fsp3) is 0.462. The number of rotatable bonds is 4. The van der Waals surface area contributed by atoms with Crippen LogP contribution in [-0.2, 0) is 17.8 Å². The van der Waals surface area contributed by atoms with E-state index in [1.54, 1.807) is 0 Å². The highest BCUT2D eigenvalue weighted by molar-refractivity contribution is 6.18. The van der Waals surface area contributed by atoms with Crippen molar-refractivity contribution in [3.8, 4) is 0 Å². The van der Waals surface area contributed by atoms with Crippen molar-refractivity contribution in [2.45, 2.75) is 19.4 Å². The van der Waals surface area contributed by atoms with E-state index in [4.69, 9.17) is 11.6 Å². The highest BCUT2D eigenvalue weighted by Crippen LogP contribution is 2.27. The lowest BCUT2D eigenvalue weighted by Crippen LogP contribution is -2.22. The molecule has 0 saturated heterocycles. The minimum Gasteiger partial charge on any atom is -0.374 e. The molecule has 4 heteroatoms. The van der Waals surface area contributed by atoms with Crippen LogP contribution in [0.15, 0.2) is 18.2 Å². The summed E-state index contributed by atoms with van der Waals surface area (Å²) in [7, 11) is 2.10. The number of likely N-dealkylation sites (N-methyl/N-ethyl adjacent to an activating group) is 1. The Hall–Kier alpha value is -1.22. The molecule has 17 heavy (non-hydrogen) atoms. The largest absolute Gasteiger partial charge is 0.374 e. The number of hydrogen-bond donors (Lipinski definition) is 1. The topological polar surface area (TPSA) is 32.3 Å². The molecule has 1 heterocycles. The Morgan fingerprint density at radius 1 is 1.53 bits per heavy atom. The number of nitrogens with zero attached hydrogens (tertiary/aromatic N) is 1. The van der Waals surface area contributed by atoms with Gasteiger partial charge in [0.15, 0.2) is 0 Å². The summed E-state index contributed by atoms with van der Waals surface area (Å²) < 4.78 is 0. The van der Waals surface area contributed by atoms with Crippen molar-refractivity contribution in [3.05, 3.63) is 29.3 Å². The predicted octanol–water partition coefficient (Wildman–Crippen LogP) is 1.92. The molecule has 0 spiro atoms. The normalized spacial score (nSPS) is 13.6. The number of benzene rings is 1. The predicted molar refractivity (Wildman–Crippen MR) is 70.6 cm³/mol. The van der Waals surface area contributed by atoms with E-state index in [2.05, 4.69) is 35.5 Å². The average Bonchev–Trinajstić information content (AvgIpc) is 2.69. The number of amides is 1. The van der Waals surface area contributed by atoms with Crippen molar-refractivity contribution >= 4 is 23.2 Å². The summed E-state index contributed by atoms with van der Waals surface area (Å²) in [6.07, 6.45) is 1.48. The highest BCUT2D eigenvalue weighted by atomic mass is 35.5. The maximum absolute atomic E-state index is 11.3. The third kappa shape index (κ3) is 2.91. The first-order valence-corrected chi connectivity index (χ1v) is 6.40. The summed E-state index contributed by atoms with van der Waals surface area (Å²) in [5, 5.41) is 2.87. The van der Waals surface area contributed by atoms with E-state index in [0.29, 0.717) is 18.8 Å². The highest BCUT2D eigenvalue weighted by Gasteiger charge is 2.15. The zero-order valence-corrected chi connectivity index (χ0v) is 10.8. The molecule has 0 bridgehead atoms. The van der Waals surface area contributed by atoms with Gasteiger partial charge in [-0.3, -0.25) is 4.79 Å².